The van der Waals surface area contributed by atoms with Gasteiger partial charge in [0, 0.05) is 19.5 Å². The van der Waals surface area contributed by atoms with Crippen molar-refractivity contribution in [1.82, 2.24) is 10.2 Å². The largest absolute Gasteiger partial charge is 0.481 e. The number of piperidine rings is 1. The Balaban J connectivity index is 2.41. The van der Waals surface area contributed by atoms with Crippen molar-refractivity contribution in [3.63, 3.8) is 0 Å². The van der Waals surface area contributed by atoms with Crippen molar-refractivity contribution in [3.05, 3.63) is 0 Å². The fourth-order valence-corrected chi connectivity index (χ4v) is 2.54. The molecule has 4 N–H and O–H groups in total. The van der Waals surface area contributed by atoms with Crippen LogP contribution in [0.2, 0.25) is 0 Å². The summed E-state index contributed by atoms with van der Waals surface area (Å²) in [6, 6.07) is -0.939. The van der Waals surface area contributed by atoms with Gasteiger partial charge < -0.3 is 21.1 Å². The van der Waals surface area contributed by atoms with E-state index < -0.39 is 17.9 Å². The van der Waals surface area contributed by atoms with E-state index in [0.29, 0.717) is 25.4 Å². The second-order valence-corrected chi connectivity index (χ2v) is 5.94. The summed E-state index contributed by atoms with van der Waals surface area (Å²) >= 11 is 0. The van der Waals surface area contributed by atoms with Crippen LogP contribution in [0.4, 0.5) is 4.79 Å². The predicted molar refractivity (Wildman–Crippen MR) is 77.5 cm³/mol. The van der Waals surface area contributed by atoms with E-state index in [2.05, 4.69) is 5.32 Å². The third-order valence-electron chi connectivity index (χ3n) is 3.92. The molecule has 7 nitrogen and oxygen atoms in total. The number of nitrogens with two attached hydrogens (primary N) is 1. The molecule has 1 aliphatic rings. The highest BCUT2D eigenvalue weighted by Crippen LogP contribution is 2.22. The standard InChI is InChI=1S/C14H25N3O4/c1-9(2)12(13(15)20)16-14(21)17-7-5-10(6-8-17)3-4-11(18)19/h9-10,12H,3-8H2,1-2H3,(H2,15,20)(H,16,21)(H,18,19). The van der Waals surface area contributed by atoms with E-state index in [1.54, 1.807) is 4.90 Å². The van der Waals surface area contributed by atoms with Crippen LogP contribution in [0.15, 0.2) is 0 Å². The maximum atomic E-state index is 12.1. The fourth-order valence-electron chi connectivity index (χ4n) is 2.54. The summed E-state index contributed by atoms with van der Waals surface area (Å²) in [6.45, 7) is 4.82. The maximum Gasteiger partial charge on any atom is 0.318 e. The number of rotatable bonds is 6. The van der Waals surface area contributed by atoms with E-state index in [9.17, 15) is 14.4 Å². The van der Waals surface area contributed by atoms with Gasteiger partial charge in [-0.1, -0.05) is 13.8 Å². The lowest BCUT2D eigenvalue weighted by Crippen LogP contribution is -2.53. The van der Waals surface area contributed by atoms with Gasteiger partial charge in [0.2, 0.25) is 5.91 Å². The number of amides is 3. The Morgan fingerprint density at radius 3 is 2.29 bits per heavy atom. The van der Waals surface area contributed by atoms with Gasteiger partial charge in [0.1, 0.15) is 6.04 Å². The van der Waals surface area contributed by atoms with Crippen molar-refractivity contribution < 1.29 is 19.5 Å². The molecular formula is C14H25N3O4. The Hall–Kier alpha value is -1.79. The number of hydrogen-bond acceptors (Lipinski definition) is 3. The zero-order valence-corrected chi connectivity index (χ0v) is 12.7. The van der Waals surface area contributed by atoms with E-state index in [1.165, 1.54) is 0 Å². The number of primary amides is 1. The van der Waals surface area contributed by atoms with Crippen LogP contribution < -0.4 is 11.1 Å². The first-order chi connectivity index (χ1) is 9.81. The normalized spacial score (nSPS) is 17.6. The molecule has 1 rings (SSSR count). The van der Waals surface area contributed by atoms with Gasteiger partial charge in [0.25, 0.3) is 0 Å². The first-order valence-electron chi connectivity index (χ1n) is 7.37. The van der Waals surface area contributed by atoms with Crippen LogP contribution in [0.25, 0.3) is 0 Å². The number of carbonyl (C=O) groups excluding carboxylic acids is 2. The molecule has 7 heteroatoms. The lowest BCUT2D eigenvalue weighted by molar-refractivity contribution is -0.137. The molecule has 0 aromatic rings. The first-order valence-corrected chi connectivity index (χ1v) is 7.37. The summed E-state index contributed by atoms with van der Waals surface area (Å²) in [6.07, 6.45) is 2.42. The molecule has 1 saturated heterocycles. The van der Waals surface area contributed by atoms with Gasteiger partial charge in [0.15, 0.2) is 0 Å². The maximum absolute atomic E-state index is 12.1. The molecular weight excluding hydrogens is 274 g/mol. The molecule has 0 saturated carbocycles. The van der Waals surface area contributed by atoms with Crippen LogP contribution in [0, 0.1) is 11.8 Å². The molecule has 21 heavy (non-hydrogen) atoms. The molecule has 3 amide bonds. The smallest absolute Gasteiger partial charge is 0.318 e. The van der Waals surface area contributed by atoms with Crippen molar-refractivity contribution in [2.45, 2.75) is 45.6 Å². The Bertz CT molecular complexity index is 390. The number of urea groups is 1. The lowest BCUT2D eigenvalue weighted by atomic mass is 9.92. The quantitative estimate of drug-likeness (QED) is 0.672. The molecule has 1 fully saturated rings. The van der Waals surface area contributed by atoms with Crippen LogP contribution in [-0.4, -0.2) is 47.0 Å². The molecule has 1 heterocycles. The zero-order chi connectivity index (χ0) is 16.0. The Kier molecular flexibility index (Phi) is 6.45. The van der Waals surface area contributed by atoms with E-state index in [4.69, 9.17) is 10.8 Å². The molecule has 1 atom stereocenters. The number of carboxylic acid groups (broad SMARTS) is 1. The average Bonchev–Trinajstić information content (AvgIpc) is 2.42. The Morgan fingerprint density at radius 1 is 1.29 bits per heavy atom. The number of nitrogens with one attached hydrogen (secondary N) is 1. The Morgan fingerprint density at radius 2 is 1.86 bits per heavy atom. The minimum Gasteiger partial charge on any atom is -0.481 e. The summed E-state index contributed by atoms with van der Waals surface area (Å²) in [7, 11) is 0. The zero-order valence-electron chi connectivity index (χ0n) is 12.7. The molecule has 0 aliphatic carbocycles. The molecule has 0 spiro atoms. The molecule has 0 bridgehead atoms. The topological polar surface area (TPSA) is 113 Å². The second-order valence-electron chi connectivity index (χ2n) is 5.94. The molecule has 0 aromatic heterocycles. The monoisotopic (exact) mass is 299 g/mol. The van der Waals surface area contributed by atoms with Crippen molar-refractivity contribution in [2.75, 3.05) is 13.1 Å². The minimum atomic E-state index is -0.781. The number of hydrogen-bond donors (Lipinski definition) is 3. The summed E-state index contributed by atoms with van der Waals surface area (Å²) < 4.78 is 0. The number of aliphatic carboxylic acids is 1. The van der Waals surface area contributed by atoms with Crippen molar-refractivity contribution in [3.8, 4) is 0 Å². The molecule has 0 radical (unpaired) electrons. The van der Waals surface area contributed by atoms with Crippen LogP contribution in [0.5, 0.6) is 0 Å². The number of nitrogens with zero attached hydrogens (tertiary/aromatic N) is 1. The van der Waals surface area contributed by atoms with Crippen LogP contribution in [-0.2, 0) is 9.59 Å². The van der Waals surface area contributed by atoms with Gasteiger partial charge in [-0.05, 0) is 31.1 Å². The summed E-state index contributed by atoms with van der Waals surface area (Å²) in [5.41, 5.74) is 5.28. The van der Waals surface area contributed by atoms with E-state index >= 15 is 0 Å². The lowest BCUT2D eigenvalue weighted by Gasteiger charge is -2.33. The van der Waals surface area contributed by atoms with E-state index in [-0.39, 0.29) is 18.4 Å². The first kappa shape index (κ1) is 17.3. The van der Waals surface area contributed by atoms with Gasteiger partial charge in [0.05, 0.1) is 0 Å². The highest BCUT2D eigenvalue weighted by atomic mass is 16.4. The number of likely N-dealkylation sites (tertiary alicyclic amines) is 1. The highest BCUT2D eigenvalue weighted by molar-refractivity contribution is 5.86. The molecule has 120 valence electrons. The van der Waals surface area contributed by atoms with Crippen LogP contribution in [0.1, 0.15) is 39.5 Å². The van der Waals surface area contributed by atoms with Crippen molar-refractivity contribution >= 4 is 17.9 Å². The van der Waals surface area contributed by atoms with Crippen molar-refractivity contribution in [2.24, 2.45) is 17.6 Å². The van der Waals surface area contributed by atoms with Gasteiger partial charge >= 0.3 is 12.0 Å². The second kappa shape index (κ2) is 7.85. The molecule has 0 aromatic carbocycles. The van der Waals surface area contributed by atoms with Gasteiger partial charge in [-0.25, -0.2) is 4.79 Å². The highest BCUT2D eigenvalue weighted by Gasteiger charge is 2.27. The molecule has 1 unspecified atom stereocenters. The van der Waals surface area contributed by atoms with E-state index in [1.807, 2.05) is 13.8 Å². The number of carboxylic acids is 1. The fraction of sp³-hybridized carbons (Fsp3) is 0.786. The average molecular weight is 299 g/mol. The summed E-state index contributed by atoms with van der Waals surface area (Å²) in [5.74, 6) is -1.02. The third kappa shape index (κ3) is 5.61. The van der Waals surface area contributed by atoms with E-state index in [0.717, 1.165) is 12.8 Å². The van der Waals surface area contributed by atoms with Gasteiger partial charge in [-0.2, -0.15) is 0 Å². The SMILES string of the molecule is CC(C)C(NC(=O)N1CCC(CCC(=O)O)CC1)C(N)=O. The minimum absolute atomic E-state index is 0.0560. The van der Waals surface area contributed by atoms with Crippen LogP contribution >= 0.6 is 0 Å². The summed E-state index contributed by atoms with van der Waals surface area (Å²) in [4.78, 5) is 35.6. The van der Waals surface area contributed by atoms with Crippen molar-refractivity contribution in [1.29, 1.82) is 0 Å². The van der Waals surface area contributed by atoms with Gasteiger partial charge in [-0.15, -0.1) is 0 Å². The Labute approximate surface area is 124 Å². The summed E-state index contributed by atoms with van der Waals surface area (Å²) in [5, 5.41) is 11.3. The number of carbonyl (C=O) groups is 3. The third-order valence-corrected chi connectivity index (χ3v) is 3.92. The predicted octanol–water partition coefficient (Wildman–Crippen LogP) is 0.783. The van der Waals surface area contributed by atoms with Gasteiger partial charge in [-0.3, -0.25) is 9.59 Å². The van der Waals surface area contributed by atoms with Crippen LogP contribution in [0.3, 0.4) is 0 Å². The molecule has 1 aliphatic heterocycles.